The Hall–Kier alpha value is 1.32. The van der Waals surface area contributed by atoms with Crippen LogP contribution < -0.4 is 0 Å². The number of rotatable bonds is 0. The van der Waals surface area contributed by atoms with E-state index in [-0.39, 0.29) is 41.2 Å². The van der Waals surface area contributed by atoms with Gasteiger partial charge in [0.15, 0.2) is 0 Å². The fraction of sp³-hybridized carbons (Fsp3) is 0. The molecule has 4 nitrogen and oxygen atoms in total. The summed E-state index contributed by atoms with van der Waals surface area (Å²) in [6.45, 7) is 0. The van der Waals surface area contributed by atoms with Gasteiger partial charge < -0.3 is 0 Å². The monoisotopic (exact) mass is 291 g/mol. The van der Waals surface area contributed by atoms with Gasteiger partial charge in [-0.15, -0.1) is 0 Å². The SMILES string of the molecule is [Co].[O]=[InH].[O]=[V](=[O])[OH]. The fourth-order valence-electron chi connectivity index (χ4n) is 0. The minimum absolute atomic E-state index is 0. The minimum atomic E-state index is -3.69. The standard InChI is InChI=1S/Co.In.H2O.3O.V.H/h;;1H2;;;;;/q;;;;;;+1;/p-1. The summed E-state index contributed by atoms with van der Waals surface area (Å²) in [5, 5.41) is 0. The van der Waals surface area contributed by atoms with E-state index in [1.54, 1.807) is 0 Å². The zero-order valence-electron chi connectivity index (χ0n) is 3.16. The van der Waals surface area contributed by atoms with Gasteiger partial charge in [-0.05, 0) is 0 Å². The van der Waals surface area contributed by atoms with Crippen LogP contribution >= 0.6 is 0 Å². The molecule has 7 heteroatoms. The Kier molecular flexibility index (Phi) is 35.3. The van der Waals surface area contributed by atoms with Crippen LogP contribution in [0, 0.1) is 0 Å². The van der Waals surface area contributed by atoms with Crippen LogP contribution in [0.5, 0.6) is 0 Å². The van der Waals surface area contributed by atoms with Crippen molar-refractivity contribution in [2.24, 2.45) is 0 Å². The van der Waals surface area contributed by atoms with Gasteiger partial charge in [0.05, 0.1) is 0 Å². The van der Waals surface area contributed by atoms with Crippen LogP contribution in [0.1, 0.15) is 0 Å². The quantitative estimate of drug-likeness (QED) is 0.585. The molecule has 0 aliphatic rings. The van der Waals surface area contributed by atoms with Crippen molar-refractivity contribution in [3.8, 4) is 0 Å². The number of hydrogen-bond donors (Lipinski definition) is 1. The van der Waals surface area contributed by atoms with Gasteiger partial charge in [0, 0.05) is 16.8 Å². The Morgan fingerprint density at radius 3 is 1.29 bits per heavy atom. The molecular weight excluding hydrogens is 289 g/mol. The van der Waals surface area contributed by atoms with E-state index >= 15 is 0 Å². The second-order valence-corrected chi connectivity index (χ2v) is 0.981. The van der Waals surface area contributed by atoms with E-state index in [9.17, 15) is 0 Å². The summed E-state index contributed by atoms with van der Waals surface area (Å²) < 4.78 is 32.9. The Labute approximate surface area is 70.2 Å². The Morgan fingerprint density at radius 2 is 1.29 bits per heavy atom. The predicted molar refractivity (Wildman–Crippen MR) is 11.4 cm³/mol. The van der Waals surface area contributed by atoms with E-state index in [1.165, 1.54) is 0 Å². The molecule has 0 heterocycles. The molecule has 0 saturated carbocycles. The molecule has 0 unspecified atom stereocenters. The third-order valence-electron chi connectivity index (χ3n) is 0. The Bertz CT molecular complexity index is 69.8. The molecule has 0 aliphatic heterocycles. The van der Waals surface area contributed by atoms with E-state index < -0.39 is 15.4 Å². The Morgan fingerprint density at radius 1 is 1.29 bits per heavy atom. The molecule has 0 aromatic carbocycles. The van der Waals surface area contributed by atoms with E-state index in [1.807, 2.05) is 0 Å². The van der Waals surface area contributed by atoms with E-state index in [0.29, 0.717) is 0 Å². The summed E-state index contributed by atoms with van der Waals surface area (Å²) in [7, 11) is 0. The molecule has 0 spiro atoms. The van der Waals surface area contributed by atoms with Gasteiger partial charge in [0.25, 0.3) is 0 Å². The fourth-order valence-corrected chi connectivity index (χ4v) is 0. The first-order valence-corrected chi connectivity index (χ1v) is 4.27. The van der Waals surface area contributed by atoms with Crippen LogP contribution in [0.4, 0.5) is 0 Å². The van der Waals surface area contributed by atoms with Crippen molar-refractivity contribution in [2.75, 3.05) is 0 Å². The van der Waals surface area contributed by atoms with Gasteiger partial charge in [-0.25, -0.2) is 0 Å². The number of hydrogen-bond acceptors (Lipinski definition) is 3. The Balaban J connectivity index is -0.0000000480. The third-order valence-corrected chi connectivity index (χ3v) is 0. The summed E-state index contributed by atoms with van der Waals surface area (Å²) >= 11 is -3.79. The topological polar surface area (TPSA) is 71.4 Å². The van der Waals surface area contributed by atoms with Crippen LogP contribution in [0.15, 0.2) is 0 Å². The molecule has 1 radical (unpaired) electrons. The molecule has 0 saturated heterocycles. The van der Waals surface area contributed by atoms with Crippen molar-refractivity contribution in [3.05, 3.63) is 0 Å². The molecular formula is H2CoInO4V. The maximum absolute atomic E-state index is 8.67. The van der Waals surface area contributed by atoms with Crippen LogP contribution in [0.25, 0.3) is 0 Å². The van der Waals surface area contributed by atoms with E-state index in [4.69, 9.17) is 14.2 Å². The molecule has 0 aromatic heterocycles. The van der Waals surface area contributed by atoms with Crippen molar-refractivity contribution in [1.29, 1.82) is 0 Å². The van der Waals surface area contributed by atoms with Gasteiger partial charge in [0.1, 0.15) is 0 Å². The van der Waals surface area contributed by atoms with E-state index in [0.717, 1.165) is 0 Å². The molecule has 1 N–H and O–H groups in total. The molecule has 0 amide bonds. The first-order chi connectivity index (χ1) is 2.73. The van der Waals surface area contributed by atoms with Gasteiger partial charge in [-0.1, -0.05) is 0 Å². The van der Waals surface area contributed by atoms with E-state index in [2.05, 4.69) is 0 Å². The van der Waals surface area contributed by atoms with Crippen LogP contribution in [-0.4, -0.2) is 28.4 Å². The van der Waals surface area contributed by atoms with Crippen LogP contribution in [0.3, 0.4) is 0 Å². The van der Waals surface area contributed by atoms with Gasteiger partial charge >= 0.3 is 54.0 Å². The predicted octanol–water partition coefficient (Wildman–Crippen LogP) is -1.57. The summed E-state index contributed by atoms with van der Waals surface area (Å²) in [5.41, 5.74) is 0. The van der Waals surface area contributed by atoms with Crippen LogP contribution in [0.2, 0.25) is 0 Å². The first-order valence-electron chi connectivity index (χ1n) is 0.854. The zero-order chi connectivity index (χ0) is 5.58. The molecule has 0 atom stereocenters. The third kappa shape index (κ3) is 119. The summed E-state index contributed by atoms with van der Waals surface area (Å²) in [6, 6.07) is 0. The molecule has 0 aromatic rings. The van der Waals surface area contributed by atoms with Gasteiger partial charge in [-0.2, -0.15) is 0 Å². The van der Waals surface area contributed by atoms with Crippen molar-refractivity contribution in [2.45, 2.75) is 0 Å². The van der Waals surface area contributed by atoms with Crippen molar-refractivity contribution < 1.29 is 46.4 Å². The van der Waals surface area contributed by atoms with Gasteiger partial charge in [0.2, 0.25) is 0 Å². The summed E-state index contributed by atoms with van der Waals surface area (Å²) in [4.78, 5) is 0. The average molecular weight is 291 g/mol. The normalized spacial score (nSPS) is 4.00. The van der Waals surface area contributed by atoms with Crippen molar-refractivity contribution in [3.63, 3.8) is 0 Å². The average Bonchev–Trinajstić information content (AvgIpc) is 1.41. The maximum atomic E-state index is 8.67. The second-order valence-electron chi connectivity index (χ2n) is 0.238. The summed E-state index contributed by atoms with van der Waals surface area (Å²) in [6.07, 6.45) is 0. The molecule has 7 heavy (non-hydrogen) atoms. The summed E-state index contributed by atoms with van der Waals surface area (Å²) in [5.74, 6) is 0. The molecule has 43 valence electrons. The first kappa shape index (κ1) is 15.8. The molecule has 0 aliphatic carbocycles. The molecule has 0 fully saturated rings. The second kappa shape index (κ2) is 15.7. The van der Waals surface area contributed by atoms with Crippen molar-refractivity contribution >= 4 is 24.4 Å². The van der Waals surface area contributed by atoms with Gasteiger partial charge in [-0.3, -0.25) is 0 Å². The molecule has 0 bridgehead atoms. The van der Waals surface area contributed by atoms with Crippen LogP contribution in [-0.2, 0) is 42.4 Å². The zero-order valence-corrected chi connectivity index (χ0v) is 9.63. The molecule has 0 rings (SSSR count). The van der Waals surface area contributed by atoms with Crippen molar-refractivity contribution in [1.82, 2.24) is 0 Å².